The Morgan fingerprint density at radius 1 is 0.931 bits per heavy atom. The molecule has 0 saturated carbocycles. The van der Waals surface area contributed by atoms with Crippen LogP contribution in [-0.4, -0.2) is 48.5 Å². The highest BCUT2D eigenvalue weighted by Gasteiger charge is 2.46. The predicted octanol–water partition coefficient (Wildman–Crippen LogP) is -0.547. The number of likely N-dealkylation sites (tertiary alicyclic amines) is 2. The molecule has 2 saturated heterocycles. The number of hydrogen-bond donors (Lipinski definition) is 1. The summed E-state index contributed by atoms with van der Waals surface area (Å²) in [6.45, 7) is 5.22. The van der Waals surface area contributed by atoms with Gasteiger partial charge in [-0.25, -0.2) is 0 Å². The maximum atomic E-state index is 14.0. The van der Waals surface area contributed by atoms with Gasteiger partial charge in [-0.15, -0.1) is 0 Å². The first-order valence-corrected chi connectivity index (χ1v) is 10.9. The molecule has 1 unspecified atom stereocenters. The van der Waals surface area contributed by atoms with Crippen LogP contribution in [0.4, 0.5) is 0 Å². The van der Waals surface area contributed by atoms with Crippen molar-refractivity contribution in [2.75, 3.05) is 32.7 Å². The van der Waals surface area contributed by atoms with Gasteiger partial charge in [0.15, 0.2) is 0 Å². The lowest BCUT2D eigenvalue weighted by Crippen LogP contribution is -3.13. The SMILES string of the molecule is O=C(N1CCCC1)C(CC[NH+]1CCCCC1)(c1ccccc1)c1ccccn1.[Cl-]. The number of nitrogens with one attached hydrogen (secondary N) is 1. The van der Waals surface area contributed by atoms with Gasteiger partial charge in [0.2, 0.25) is 5.91 Å². The minimum Gasteiger partial charge on any atom is -1.00 e. The molecule has 29 heavy (non-hydrogen) atoms. The van der Waals surface area contributed by atoms with Crippen LogP contribution in [-0.2, 0) is 10.2 Å². The van der Waals surface area contributed by atoms with Gasteiger partial charge in [-0.05, 0) is 49.8 Å². The Kier molecular flexibility index (Phi) is 7.68. The molecule has 0 radical (unpaired) electrons. The van der Waals surface area contributed by atoms with Gasteiger partial charge in [0.1, 0.15) is 5.41 Å². The monoisotopic (exact) mass is 413 g/mol. The summed E-state index contributed by atoms with van der Waals surface area (Å²) in [6, 6.07) is 16.4. The van der Waals surface area contributed by atoms with Crippen molar-refractivity contribution in [1.29, 1.82) is 0 Å². The van der Waals surface area contributed by atoms with E-state index in [-0.39, 0.29) is 18.3 Å². The number of rotatable bonds is 6. The number of pyridine rings is 1. The van der Waals surface area contributed by atoms with Gasteiger partial charge >= 0.3 is 0 Å². The molecule has 2 fully saturated rings. The summed E-state index contributed by atoms with van der Waals surface area (Å²) in [5.41, 5.74) is 1.30. The van der Waals surface area contributed by atoms with Crippen LogP contribution in [0.5, 0.6) is 0 Å². The lowest BCUT2D eigenvalue weighted by atomic mass is 9.73. The molecule has 1 aromatic carbocycles. The Labute approximate surface area is 180 Å². The third kappa shape index (κ3) is 4.65. The second-order valence-corrected chi connectivity index (χ2v) is 8.30. The molecule has 5 heteroatoms. The highest BCUT2D eigenvalue weighted by molar-refractivity contribution is 5.91. The van der Waals surface area contributed by atoms with Crippen LogP contribution in [0.15, 0.2) is 54.7 Å². The number of piperidine rings is 1. The van der Waals surface area contributed by atoms with Crippen molar-refractivity contribution < 1.29 is 22.1 Å². The second-order valence-electron chi connectivity index (χ2n) is 8.30. The normalized spacial score (nSPS) is 19.4. The standard InChI is InChI=1S/C24H31N3O.ClH/c28-23(27-18-9-10-19-27)24(21-11-3-1-4-12-21,22-13-5-6-15-25-22)14-20-26-16-7-2-8-17-26;/h1,3-6,11-13,15H,2,7-10,14,16-20H2;1H. The first-order chi connectivity index (χ1) is 13.8. The Balaban J connectivity index is 0.00000240. The van der Waals surface area contributed by atoms with E-state index in [0.29, 0.717) is 0 Å². The molecule has 1 aromatic heterocycles. The summed E-state index contributed by atoms with van der Waals surface area (Å²) >= 11 is 0. The Morgan fingerprint density at radius 2 is 1.62 bits per heavy atom. The first kappa shape index (κ1) is 21.8. The Bertz CT molecular complexity index is 717. The van der Waals surface area contributed by atoms with Gasteiger partial charge < -0.3 is 22.2 Å². The van der Waals surface area contributed by atoms with Crippen molar-refractivity contribution in [3.8, 4) is 0 Å². The van der Waals surface area contributed by atoms with Gasteiger partial charge in [0.25, 0.3) is 0 Å². The minimum absolute atomic E-state index is 0. The Hall–Kier alpha value is -1.91. The van der Waals surface area contributed by atoms with Crippen molar-refractivity contribution in [1.82, 2.24) is 9.88 Å². The highest BCUT2D eigenvalue weighted by atomic mass is 35.5. The molecule has 0 aliphatic carbocycles. The van der Waals surface area contributed by atoms with E-state index in [2.05, 4.69) is 29.2 Å². The second kappa shape index (κ2) is 10.2. The van der Waals surface area contributed by atoms with E-state index in [1.807, 2.05) is 30.5 Å². The van der Waals surface area contributed by atoms with Crippen LogP contribution in [0.25, 0.3) is 0 Å². The van der Waals surface area contributed by atoms with E-state index < -0.39 is 5.41 Å². The molecular formula is C24H32ClN3O. The van der Waals surface area contributed by atoms with E-state index in [9.17, 15) is 4.79 Å². The molecule has 0 spiro atoms. The molecule has 1 amide bonds. The topological polar surface area (TPSA) is 37.6 Å². The predicted molar refractivity (Wildman–Crippen MR) is 111 cm³/mol. The molecule has 1 N–H and O–H groups in total. The van der Waals surface area contributed by atoms with E-state index in [1.165, 1.54) is 32.4 Å². The van der Waals surface area contributed by atoms with Crippen molar-refractivity contribution in [3.63, 3.8) is 0 Å². The fourth-order valence-corrected chi connectivity index (χ4v) is 4.95. The van der Waals surface area contributed by atoms with Crippen LogP contribution in [0, 0.1) is 0 Å². The van der Waals surface area contributed by atoms with Crippen LogP contribution in [0.1, 0.15) is 49.8 Å². The largest absolute Gasteiger partial charge is 1.00 e. The molecule has 3 heterocycles. The maximum absolute atomic E-state index is 14.0. The third-order valence-electron chi connectivity index (χ3n) is 6.54. The minimum atomic E-state index is -0.683. The molecule has 2 aliphatic rings. The van der Waals surface area contributed by atoms with E-state index in [4.69, 9.17) is 4.98 Å². The molecule has 2 aromatic rings. The zero-order valence-corrected chi connectivity index (χ0v) is 17.9. The molecule has 156 valence electrons. The molecule has 2 aliphatic heterocycles. The molecule has 4 rings (SSSR count). The lowest BCUT2D eigenvalue weighted by Gasteiger charge is -2.37. The van der Waals surface area contributed by atoms with Crippen molar-refractivity contribution in [3.05, 3.63) is 66.0 Å². The van der Waals surface area contributed by atoms with Gasteiger partial charge in [-0.3, -0.25) is 9.78 Å². The number of amides is 1. The number of benzene rings is 1. The van der Waals surface area contributed by atoms with Crippen LogP contribution in [0.2, 0.25) is 0 Å². The summed E-state index contributed by atoms with van der Waals surface area (Å²) in [4.78, 5) is 22.5. The average molecular weight is 414 g/mol. The summed E-state index contributed by atoms with van der Waals surface area (Å²) in [5.74, 6) is 0.242. The molecule has 0 bridgehead atoms. The maximum Gasteiger partial charge on any atom is 0.239 e. The van der Waals surface area contributed by atoms with Gasteiger partial charge in [0.05, 0.1) is 25.3 Å². The third-order valence-corrected chi connectivity index (χ3v) is 6.54. The van der Waals surface area contributed by atoms with Gasteiger partial charge in [0, 0.05) is 25.7 Å². The van der Waals surface area contributed by atoms with Gasteiger partial charge in [-0.1, -0.05) is 36.4 Å². The first-order valence-electron chi connectivity index (χ1n) is 10.9. The van der Waals surface area contributed by atoms with E-state index in [0.717, 1.165) is 50.2 Å². The van der Waals surface area contributed by atoms with Crippen LogP contribution >= 0.6 is 0 Å². The summed E-state index contributed by atoms with van der Waals surface area (Å²) in [7, 11) is 0. The molecular weight excluding hydrogens is 382 g/mol. The number of carbonyl (C=O) groups is 1. The highest BCUT2D eigenvalue weighted by Crippen LogP contribution is 2.37. The number of hydrogen-bond acceptors (Lipinski definition) is 2. The van der Waals surface area contributed by atoms with Crippen molar-refractivity contribution in [2.24, 2.45) is 0 Å². The summed E-state index contributed by atoms with van der Waals surface area (Å²) in [6.07, 6.45) is 8.82. The van der Waals surface area contributed by atoms with Crippen molar-refractivity contribution in [2.45, 2.75) is 43.9 Å². The number of quaternary nitrogens is 1. The molecule has 1 atom stereocenters. The zero-order valence-electron chi connectivity index (χ0n) is 17.2. The van der Waals surface area contributed by atoms with Crippen molar-refractivity contribution >= 4 is 5.91 Å². The number of aromatic nitrogens is 1. The zero-order chi connectivity index (χ0) is 19.2. The van der Waals surface area contributed by atoms with Gasteiger partial charge in [-0.2, -0.15) is 0 Å². The summed E-state index contributed by atoms with van der Waals surface area (Å²) < 4.78 is 0. The average Bonchev–Trinajstić information content (AvgIpc) is 3.31. The summed E-state index contributed by atoms with van der Waals surface area (Å²) in [5, 5.41) is 0. The number of carbonyl (C=O) groups excluding carboxylic acids is 1. The van der Waals surface area contributed by atoms with E-state index >= 15 is 0 Å². The number of halogens is 1. The van der Waals surface area contributed by atoms with Crippen LogP contribution in [0.3, 0.4) is 0 Å². The van der Waals surface area contributed by atoms with E-state index in [1.54, 1.807) is 4.90 Å². The quantitative estimate of drug-likeness (QED) is 0.690. The number of nitrogens with zero attached hydrogens (tertiary/aromatic N) is 2. The van der Waals surface area contributed by atoms with Crippen LogP contribution < -0.4 is 17.3 Å². The Morgan fingerprint density at radius 3 is 2.28 bits per heavy atom. The fraction of sp³-hybridized carbons (Fsp3) is 0.500. The smallest absolute Gasteiger partial charge is 0.239 e. The fourth-order valence-electron chi connectivity index (χ4n) is 4.95. The lowest BCUT2D eigenvalue weighted by molar-refractivity contribution is -0.905. The molecule has 4 nitrogen and oxygen atoms in total.